The van der Waals surface area contributed by atoms with Gasteiger partial charge in [-0.2, -0.15) is 0 Å². The summed E-state index contributed by atoms with van der Waals surface area (Å²) in [6.07, 6.45) is 10.6. The molecule has 0 radical (unpaired) electrons. The second-order valence-corrected chi connectivity index (χ2v) is 13.0. The highest BCUT2D eigenvalue weighted by Crippen LogP contribution is 2.66. The molecule has 0 unspecified atom stereocenters. The SMILES string of the molecule is CC(=O)OCC1=C(C)C[C@H]([C@@H](C)[C@H]2CC[C@H]3[C@@H]4CC=C5[C@@H](OC(C)=O)C=CC(=O)[C@]5(C)[C@H]4CC[C@]23C)OC1=O. The first-order valence-corrected chi connectivity index (χ1v) is 14.5. The Labute approximate surface area is 231 Å². The summed E-state index contributed by atoms with van der Waals surface area (Å²) < 4.78 is 16.7. The van der Waals surface area contributed by atoms with Crippen molar-refractivity contribution in [1.29, 1.82) is 0 Å². The van der Waals surface area contributed by atoms with E-state index in [2.05, 4.69) is 26.8 Å². The van der Waals surface area contributed by atoms with Crippen molar-refractivity contribution in [3.05, 3.63) is 34.9 Å². The van der Waals surface area contributed by atoms with Crippen LogP contribution < -0.4 is 0 Å². The van der Waals surface area contributed by atoms with Crippen molar-refractivity contribution in [2.45, 2.75) is 92.3 Å². The average molecular weight is 539 g/mol. The van der Waals surface area contributed by atoms with Crippen molar-refractivity contribution >= 4 is 23.7 Å². The van der Waals surface area contributed by atoms with Crippen LogP contribution in [0.5, 0.6) is 0 Å². The number of hydrogen-bond acceptors (Lipinski definition) is 7. The summed E-state index contributed by atoms with van der Waals surface area (Å²) in [5.74, 6) is 0.728. The Kier molecular flexibility index (Phi) is 7.17. The van der Waals surface area contributed by atoms with Gasteiger partial charge < -0.3 is 14.2 Å². The number of carbonyl (C=O) groups is 4. The topological polar surface area (TPSA) is 96.0 Å². The molecule has 4 aliphatic carbocycles. The molecule has 212 valence electrons. The summed E-state index contributed by atoms with van der Waals surface area (Å²) in [4.78, 5) is 49.3. The van der Waals surface area contributed by atoms with Gasteiger partial charge in [-0.05, 0) is 98.7 Å². The van der Waals surface area contributed by atoms with E-state index in [-0.39, 0.29) is 47.7 Å². The van der Waals surface area contributed by atoms with E-state index in [9.17, 15) is 19.2 Å². The number of rotatable bonds is 5. The van der Waals surface area contributed by atoms with Crippen LogP contribution in [-0.2, 0) is 33.4 Å². The van der Waals surface area contributed by atoms with Crippen LogP contribution in [-0.4, -0.2) is 42.5 Å². The highest BCUT2D eigenvalue weighted by molar-refractivity contribution is 5.99. The third kappa shape index (κ3) is 4.50. The molecule has 2 saturated carbocycles. The van der Waals surface area contributed by atoms with Gasteiger partial charge in [0.15, 0.2) is 5.78 Å². The minimum absolute atomic E-state index is 0.0338. The van der Waals surface area contributed by atoms with Crippen LogP contribution in [0.1, 0.15) is 80.1 Å². The quantitative estimate of drug-likeness (QED) is 0.267. The molecule has 2 fully saturated rings. The van der Waals surface area contributed by atoms with E-state index < -0.39 is 17.5 Å². The Hall–Kier alpha value is -2.70. The number of ketones is 1. The number of allylic oxidation sites excluding steroid dienone is 2. The Morgan fingerprint density at radius 2 is 1.85 bits per heavy atom. The molecule has 39 heavy (non-hydrogen) atoms. The van der Waals surface area contributed by atoms with E-state index in [1.54, 1.807) is 12.2 Å². The lowest BCUT2D eigenvalue weighted by molar-refractivity contribution is -0.154. The lowest BCUT2D eigenvalue weighted by Gasteiger charge is -2.57. The van der Waals surface area contributed by atoms with Crippen molar-refractivity contribution in [3.63, 3.8) is 0 Å². The monoisotopic (exact) mass is 538 g/mol. The Balaban J connectivity index is 1.36. The zero-order valence-corrected chi connectivity index (χ0v) is 24.1. The summed E-state index contributed by atoms with van der Waals surface area (Å²) in [6.45, 7) is 11.4. The van der Waals surface area contributed by atoms with Gasteiger partial charge in [0.2, 0.25) is 0 Å². The van der Waals surface area contributed by atoms with E-state index in [1.807, 2.05) is 6.92 Å². The lowest BCUT2D eigenvalue weighted by atomic mass is 9.47. The normalized spacial score (nSPS) is 40.1. The molecule has 9 atom stereocenters. The van der Waals surface area contributed by atoms with Gasteiger partial charge in [-0.25, -0.2) is 4.79 Å². The minimum Gasteiger partial charge on any atom is -0.461 e. The minimum atomic E-state index is -0.637. The molecule has 1 heterocycles. The molecule has 1 aliphatic heterocycles. The maximum Gasteiger partial charge on any atom is 0.337 e. The Morgan fingerprint density at radius 3 is 2.51 bits per heavy atom. The van der Waals surface area contributed by atoms with Gasteiger partial charge in [0.25, 0.3) is 0 Å². The van der Waals surface area contributed by atoms with Crippen LogP contribution in [0, 0.1) is 40.4 Å². The van der Waals surface area contributed by atoms with Crippen LogP contribution in [0.4, 0.5) is 0 Å². The van der Waals surface area contributed by atoms with Crippen molar-refractivity contribution in [1.82, 2.24) is 0 Å². The molecule has 0 amide bonds. The van der Waals surface area contributed by atoms with Crippen molar-refractivity contribution in [3.8, 4) is 0 Å². The molecule has 7 heteroatoms. The number of cyclic esters (lactones) is 1. The molecule has 0 aromatic heterocycles. The highest BCUT2D eigenvalue weighted by atomic mass is 16.6. The average Bonchev–Trinajstić information content (AvgIpc) is 3.22. The fraction of sp³-hybridized carbons (Fsp3) is 0.688. The summed E-state index contributed by atoms with van der Waals surface area (Å²) in [7, 11) is 0. The second kappa shape index (κ2) is 10.0. The van der Waals surface area contributed by atoms with Crippen LogP contribution in [0.2, 0.25) is 0 Å². The molecular formula is C32H42O7. The van der Waals surface area contributed by atoms with Gasteiger partial charge >= 0.3 is 17.9 Å². The first-order valence-electron chi connectivity index (χ1n) is 14.5. The lowest BCUT2D eigenvalue weighted by Crippen LogP contribution is -2.54. The van der Waals surface area contributed by atoms with Gasteiger partial charge in [-0.15, -0.1) is 0 Å². The number of fused-ring (bicyclic) bond motifs is 5. The highest BCUT2D eigenvalue weighted by Gasteiger charge is 2.62. The first kappa shape index (κ1) is 27.9. The molecule has 0 N–H and O–H groups in total. The molecule has 0 aromatic carbocycles. The zero-order valence-electron chi connectivity index (χ0n) is 24.1. The maximum absolute atomic E-state index is 13.4. The Morgan fingerprint density at radius 1 is 1.10 bits per heavy atom. The van der Waals surface area contributed by atoms with Gasteiger partial charge in [0.1, 0.15) is 18.8 Å². The number of carbonyl (C=O) groups excluding carboxylic acids is 4. The summed E-state index contributed by atoms with van der Waals surface area (Å²) >= 11 is 0. The molecule has 0 aromatic rings. The van der Waals surface area contributed by atoms with Crippen molar-refractivity contribution < 1.29 is 33.4 Å². The maximum atomic E-state index is 13.4. The molecule has 5 aliphatic rings. The third-order valence-electron chi connectivity index (χ3n) is 11.2. The standard InChI is InChI=1S/C32H42O7/c1-17-15-28(39-30(36)22(17)16-37-19(3)33)18(2)23-9-10-24-21-7-8-26-27(38-20(4)34)11-12-29(35)32(26,6)25(21)13-14-31(23,24)5/h8,11-12,18,21,23-25,27-28H,7,9-10,13-16H2,1-6H3/t18-,21-,23+,24-,25-,27-,28+,31+,32+/m0/s1. The van der Waals surface area contributed by atoms with E-state index in [0.717, 1.165) is 43.3 Å². The van der Waals surface area contributed by atoms with E-state index in [4.69, 9.17) is 14.2 Å². The smallest absolute Gasteiger partial charge is 0.337 e. The zero-order chi connectivity index (χ0) is 28.3. The van der Waals surface area contributed by atoms with Gasteiger partial charge in [-0.1, -0.05) is 25.5 Å². The number of hydrogen-bond donors (Lipinski definition) is 0. The van der Waals surface area contributed by atoms with Gasteiger partial charge in [-0.3, -0.25) is 14.4 Å². The van der Waals surface area contributed by atoms with Crippen LogP contribution in [0.25, 0.3) is 0 Å². The van der Waals surface area contributed by atoms with E-state index in [0.29, 0.717) is 29.7 Å². The summed E-state index contributed by atoms with van der Waals surface area (Å²) in [5, 5.41) is 0. The molecule has 7 nitrogen and oxygen atoms in total. The predicted octanol–water partition coefficient (Wildman–Crippen LogP) is 5.28. The molecule has 0 saturated heterocycles. The number of ether oxygens (including phenoxy) is 3. The van der Waals surface area contributed by atoms with E-state index in [1.165, 1.54) is 13.8 Å². The van der Waals surface area contributed by atoms with Crippen LogP contribution >= 0.6 is 0 Å². The predicted molar refractivity (Wildman–Crippen MR) is 144 cm³/mol. The summed E-state index contributed by atoms with van der Waals surface area (Å²) in [6, 6.07) is 0. The van der Waals surface area contributed by atoms with Crippen molar-refractivity contribution in [2.75, 3.05) is 6.61 Å². The molecule has 0 spiro atoms. The molecule has 0 bridgehead atoms. The van der Waals surface area contributed by atoms with Crippen molar-refractivity contribution in [2.24, 2.45) is 40.4 Å². The van der Waals surface area contributed by atoms with Crippen LogP contribution in [0.15, 0.2) is 34.9 Å². The second-order valence-electron chi connectivity index (χ2n) is 13.0. The van der Waals surface area contributed by atoms with Gasteiger partial charge in [0.05, 0.1) is 11.0 Å². The van der Waals surface area contributed by atoms with E-state index >= 15 is 0 Å². The fourth-order valence-corrected chi connectivity index (χ4v) is 9.15. The Bertz CT molecular complexity index is 1180. The molecule has 5 rings (SSSR count). The largest absolute Gasteiger partial charge is 0.461 e. The number of esters is 3. The first-order chi connectivity index (χ1) is 18.4. The molecular weight excluding hydrogens is 496 g/mol. The van der Waals surface area contributed by atoms with Crippen LogP contribution in [0.3, 0.4) is 0 Å². The third-order valence-corrected chi connectivity index (χ3v) is 11.2. The fourth-order valence-electron chi connectivity index (χ4n) is 9.15. The van der Waals surface area contributed by atoms with Gasteiger partial charge in [0, 0.05) is 20.3 Å². The summed E-state index contributed by atoms with van der Waals surface area (Å²) in [5.41, 5.74) is 1.83.